The Hall–Kier alpha value is -1.66. The highest BCUT2D eigenvalue weighted by Gasteiger charge is 2.21. The van der Waals surface area contributed by atoms with Crippen LogP contribution in [0.15, 0.2) is 17.5 Å². The highest BCUT2D eigenvalue weighted by atomic mass is 32.1. The molecule has 0 aliphatic carbocycles. The predicted molar refractivity (Wildman–Crippen MR) is 99.8 cm³/mol. The lowest BCUT2D eigenvalue weighted by atomic mass is 10.1. The quantitative estimate of drug-likeness (QED) is 0.834. The molecule has 0 saturated heterocycles. The van der Waals surface area contributed by atoms with Crippen molar-refractivity contribution in [1.82, 2.24) is 20.0 Å². The number of hydrogen-bond acceptors (Lipinski definition) is 4. The molecule has 2 aromatic rings. The summed E-state index contributed by atoms with van der Waals surface area (Å²) in [6.45, 7) is 9.57. The Morgan fingerprint density at radius 3 is 2.62 bits per heavy atom. The SMILES string of the molecule is CCn1nc(C(C)C)cc1C(=O)NC[C@H](c1sccc1C)N(C)C. The van der Waals surface area contributed by atoms with Gasteiger partial charge in [-0.2, -0.15) is 5.10 Å². The van der Waals surface area contributed by atoms with Gasteiger partial charge in [-0.3, -0.25) is 9.48 Å². The minimum atomic E-state index is -0.0580. The molecule has 2 rings (SSSR count). The average Bonchev–Trinajstić information content (AvgIpc) is 3.13. The molecular weight excluding hydrogens is 320 g/mol. The van der Waals surface area contributed by atoms with Crippen LogP contribution in [-0.4, -0.2) is 41.2 Å². The minimum Gasteiger partial charge on any atom is -0.349 e. The molecule has 0 saturated carbocycles. The number of hydrogen-bond donors (Lipinski definition) is 1. The highest BCUT2D eigenvalue weighted by molar-refractivity contribution is 7.10. The largest absolute Gasteiger partial charge is 0.349 e. The van der Waals surface area contributed by atoms with Gasteiger partial charge < -0.3 is 10.2 Å². The van der Waals surface area contributed by atoms with Crippen molar-refractivity contribution < 1.29 is 4.79 Å². The average molecular weight is 349 g/mol. The summed E-state index contributed by atoms with van der Waals surface area (Å²) in [5.74, 6) is 0.255. The number of nitrogens with one attached hydrogen (secondary N) is 1. The van der Waals surface area contributed by atoms with Crippen molar-refractivity contribution in [2.24, 2.45) is 0 Å². The van der Waals surface area contributed by atoms with Crippen LogP contribution < -0.4 is 5.32 Å². The van der Waals surface area contributed by atoms with E-state index in [9.17, 15) is 4.79 Å². The van der Waals surface area contributed by atoms with Gasteiger partial charge in [0.25, 0.3) is 5.91 Å². The summed E-state index contributed by atoms with van der Waals surface area (Å²) in [5, 5.41) is 9.71. The Bertz CT molecular complexity index is 687. The molecule has 1 atom stereocenters. The van der Waals surface area contributed by atoms with Crippen molar-refractivity contribution in [3.63, 3.8) is 0 Å². The summed E-state index contributed by atoms with van der Waals surface area (Å²) in [6, 6.07) is 4.21. The van der Waals surface area contributed by atoms with E-state index >= 15 is 0 Å². The highest BCUT2D eigenvalue weighted by Crippen LogP contribution is 2.26. The molecular formula is C18H28N4OS. The molecule has 5 nitrogen and oxygen atoms in total. The lowest BCUT2D eigenvalue weighted by molar-refractivity contribution is 0.0931. The van der Waals surface area contributed by atoms with Gasteiger partial charge in [0.1, 0.15) is 5.69 Å². The molecule has 132 valence electrons. The van der Waals surface area contributed by atoms with Crippen molar-refractivity contribution >= 4 is 17.2 Å². The molecule has 0 bridgehead atoms. The molecule has 2 heterocycles. The second-order valence-electron chi connectivity index (χ2n) is 6.58. The zero-order valence-electron chi connectivity index (χ0n) is 15.5. The summed E-state index contributed by atoms with van der Waals surface area (Å²) in [4.78, 5) is 16.1. The first kappa shape index (κ1) is 18.7. The first-order chi connectivity index (χ1) is 11.3. The number of rotatable bonds is 7. The number of carbonyl (C=O) groups is 1. The number of aromatic nitrogens is 2. The van der Waals surface area contributed by atoms with Gasteiger partial charge in [0.15, 0.2) is 0 Å². The third-order valence-electron chi connectivity index (χ3n) is 4.21. The Morgan fingerprint density at radius 2 is 2.12 bits per heavy atom. The van der Waals surface area contributed by atoms with Crippen molar-refractivity contribution in [2.45, 2.75) is 46.2 Å². The zero-order valence-corrected chi connectivity index (χ0v) is 16.3. The molecule has 0 fully saturated rings. The third-order valence-corrected chi connectivity index (χ3v) is 5.33. The summed E-state index contributed by atoms with van der Waals surface area (Å²) in [5.41, 5.74) is 2.87. The van der Waals surface area contributed by atoms with E-state index in [1.807, 2.05) is 27.1 Å². The predicted octanol–water partition coefficient (Wildman–Crippen LogP) is 3.43. The number of nitrogens with zero attached hydrogens (tertiary/aromatic N) is 3. The molecule has 24 heavy (non-hydrogen) atoms. The number of carbonyl (C=O) groups excluding carboxylic acids is 1. The van der Waals surface area contributed by atoms with Crippen LogP contribution in [0.4, 0.5) is 0 Å². The lowest BCUT2D eigenvalue weighted by Crippen LogP contribution is -2.35. The maximum Gasteiger partial charge on any atom is 0.269 e. The molecule has 0 radical (unpaired) electrons. The summed E-state index contributed by atoms with van der Waals surface area (Å²) < 4.78 is 1.78. The summed E-state index contributed by atoms with van der Waals surface area (Å²) in [6.07, 6.45) is 0. The standard InChI is InChI=1S/C18H28N4OS/c1-7-22-15(10-14(20-22)12(2)3)18(23)19-11-16(21(5)6)17-13(4)8-9-24-17/h8-10,12,16H,7,11H2,1-6H3,(H,19,23)/t16-/m1/s1. The number of amides is 1. The monoisotopic (exact) mass is 348 g/mol. The van der Waals surface area contributed by atoms with Crippen LogP contribution in [0, 0.1) is 6.92 Å². The third kappa shape index (κ3) is 4.05. The molecule has 6 heteroatoms. The van der Waals surface area contributed by atoms with Crippen molar-refractivity contribution in [1.29, 1.82) is 0 Å². The van der Waals surface area contributed by atoms with Gasteiger partial charge in [-0.15, -0.1) is 11.3 Å². The number of thiophene rings is 1. The van der Waals surface area contributed by atoms with E-state index < -0.39 is 0 Å². The van der Waals surface area contributed by atoms with E-state index in [0.29, 0.717) is 24.7 Å². The van der Waals surface area contributed by atoms with E-state index in [-0.39, 0.29) is 11.9 Å². The molecule has 1 N–H and O–H groups in total. The Kier molecular flexibility index (Phi) is 6.18. The maximum absolute atomic E-state index is 12.7. The number of aryl methyl sites for hydroxylation is 2. The summed E-state index contributed by atoms with van der Waals surface area (Å²) >= 11 is 1.74. The fourth-order valence-electron chi connectivity index (χ4n) is 2.66. The van der Waals surface area contributed by atoms with Gasteiger partial charge in [0.05, 0.1) is 11.7 Å². The second kappa shape index (κ2) is 7.94. The zero-order chi connectivity index (χ0) is 17.9. The fourth-order valence-corrected chi connectivity index (χ4v) is 3.78. The first-order valence-corrected chi connectivity index (χ1v) is 9.29. The van der Waals surface area contributed by atoms with E-state index in [1.54, 1.807) is 16.0 Å². The maximum atomic E-state index is 12.7. The van der Waals surface area contributed by atoms with E-state index in [0.717, 1.165) is 5.69 Å². The van der Waals surface area contributed by atoms with Gasteiger partial charge in [-0.1, -0.05) is 13.8 Å². The van der Waals surface area contributed by atoms with E-state index in [2.05, 4.69) is 47.5 Å². The van der Waals surface area contributed by atoms with Crippen LogP contribution in [0.1, 0.15) is 59.4 Å². The van der Waals surface area contributed by atoms with Crippen molar-refractivity contribution in [3.8, 4) is 0 Å². The Balaban J connectivity index is 2.13. The Labute approximate surface area is 148 Å². The normalized spacial score (nSPS) is 12.8. The van der Waals surface area contributed by atoms with E-state index in [4.69, 9.17) is 0 Å². The molecule has 0 spiro atoms. The topological polar surface area (TPSA) is 50.2 Å². The van der Waals surface area contributed by atoms with Crippen LogP contribution >= 0.6 is 11.3 Å². The van der Waals surface area contributed by atoms with Crippen LogP contribution in [-0.2, 0) is 6.54 Å². The van der Waals surface area contributed by atoms with Gasteiger partial charge in [0.2, 0.25) is 0 Å². The van der Waals surface area contributed by atoms with Crippen LogP contribution in [0.3, 0.4) is 0 Å². The lowest BCUT2D eigenvalue weighted by Gasteiger charge is -2.24. The van der Waals surface area contributed by atoms with E-state index in [1.165, 1.54) is 10.4 Å². The van der Waals surface area contributed by atoms with Gasteiger partial charge in [-0.25, -0.2) is 0 Å². The van der Waals surface area contributed by atoms with Crippen LogP contribution in [0.5, 0.6) is 0 Å². The van der Waals surface area contributed by atoms with Gasteiger partial charge in [0, 0.05) is 18.0 Å². The molecule has 0 aliphatic rings. The molecule has 0 aromatic carbocycles. The molecule has 1 amide bonds. The molecule has 2 aromatic heterocycles. The minimum absolute atomic E-state index is 0.0580. The van der Waals surface area contributed by atoms with Gasteiger partial charge >= 0.3 is 0 Å². The Morgan fingerprint density at radius 1 is 1.42 bits per heavy atom. The second-order valence-corrected chi connectivity index (χ2v) is 7.53. The molecule has 0 aliphatic heterocycles. The van der Waals surface area contributed by atoms with Crippen LogP contribution in [0.2, 0.25) is 0 Å². The van der Waals surface area contributed by atoms with Crippen molar-refractivity contribution in [3.05, 3.63) is 39.3 Å². The van der Waals surface area contributed by atoms with Crippen LogP contribution in [0.25, 0.3) is 0 Å². The van der Waals surface area contributed by atoms with Crippen molar-refractivity contribution in [2.75, 3.05) is 20.6 Å². The smallest absolute Gasteiger partial charge is 0.269 e. The van der Waals surface area contributed by atoms with Gasteiger partial charge in [-0.05, 0) is 56.9 Å². The number of likely N-dealkylation sites (N-methyl/N-ethyl adjacent to an activating group) is 1. The molecule has 0 unspecified atom stereocenters. The first-order valence-electron chi connectivity index (χ1n) is 8.41. The fraction of sp³-hybridized carbons (Fsp3) is 0.556. The summed E-state index contributed by atoms with van der Waals surface area (Å²) in [7, 11) is 4.09.